The van der Waals surface area contributed by atoms with Crippen molar-refractivity contribution in [3.05, 3.63) is 95.1 Å². The van der Waals surface area contributed by atoms with Crippen molar-refractivity contribution in [1.82, 2.24) is 15.5 Å². The molecule has 3 aromatic rings. The maximum atomic E-state index is 13.6. The molecule has 0 radical (unpaired) electrons. The Morgan fingerprint density at radius 1 is 0.917 bits per heavy atom. The number of carbonyl (C=O) groups excluding carboxylic acids is 1. The van der Waals surface area contributed by atoms with Gasteiger partial charge >= 0.3 is 0 Å². The predicted molar refractivity (Wildman–Crippen MR) is 132 cm³/mol. The minimum absolute atomic E-state index is 0.0104. The number of benzene rings is 3. The molecule has 2 aliphatic rings. The van der Waals surface area contributed by atoms with Gasteiger partial charge in [0.05, 0.1) is 6.04 Å². The third-order valence-corrected chi connectivity index (χ3v) is 6.66. The number of halogens is 2. The summed E-state index contributed by atoms with van der Waals surface area (Å²) >= 11 is 0. The number of carbonyl (C=O) groups is 1. The third kappa shape index (κ3) is 5.83. The molecule has 0 saturated carbocycles. The minimum atomic E-state index is -0.855. The third-order valence-electron chi connectivity index (χ3n) is 6.66. The number of ether oxygens (including phenoxy) is 2. The van der Waals surface area contributed by atoms with Gasteiger partial charge in [0.25, 0.3) is 0 Å². The van der Waals surface area contributed by atoms with Gasteiger partial charge in [-0.3, -0.25) is 9.69 Å². The van der Waals surface area contributed by atoms with Crippen molar-refractivity contribution >= 4 is 5.91 Å². The van der Waals surface area contributed by atoms with Crippen molar-refractivity contribution in [2.75, 3.05) is 19.9 Å². The quantitative estimate of drug-likeness (QED) is 0.475. The number of nitrogens with one attached hydrogen (secondary N) is 2. The van der Waals surface area contributed by atoms with Crippen molar-refractivity contribution < 1.29 is 23.0 Å². The monoisotopic (exact) mass is 493 g/mol. The second-order valence-corrected chi connectivity index (χ2v) is 9.22. The van der Waals surface area contributed by atoms with Crippen LogP contribution in [0.1, 0.15) is 23.1 Å². The summed E-state index contributed by atoms with van der Waals surface area (Å²) in [5.41, 5.74) is 2.87. The lowest BCUT2D eigenvalue weighted by Crippen LogP contribution is -2.43. The first-order valence-electron chi connectivity index (χ1n) is 12.2. The van der Waals surface area contributed by atoms with Gasteiger partial charge in [0.2, 0.25) is 12.7 Å². The second-order valence-electron chi connectivity index (χ2n) is 9.22. The number of hydrogen-bond donors (Lipinski definition) is 2. The number of nitrogens with zero attached hydrogens (tertiary/aromatic N) is 1. The van der Waals surface area contributed by atoms with Crippen LogP contribution >= 0.6 is 0 Å². The highest BCUT2D eigenvalue weighted by Gasteiger charge is 2.36. The van der Waals surface area contributed by atoms with Crippen LogP contribution in [-0.2, 0) is 24.3 Å². The molecule has 2 aliphatic heterocycles. The van der Waals surface area contributed by atoms with Gasteiger partial charge in [-0.25, -0.2) is 8.78 Å². The topological polar surface area (TPSA) is 62.8 Å². The molecule has 36 heavy (non-hydrogen) atoms. The normalized spacial score (nSPS) is 18.9. The Balaban J connectivity index is 1.19. The van der Waals surface area contributed by atoms with E-state index in [9.17, 15) is 13.6 Å². The van der Waals surface area contributed by atoms with Gasteiger partial charge in [-0.05, 0) is 53.8 Å². The molecular formula is C28H29F2N3O3. The smallest absolute Gasteiger partial charge is 0.237 e. The molecule has 2 atom stereocenters. The Hall–Kier alpha value is -3.49. The number of rotatable bonds is 9. The molecule has 1 fully saturated rings. The van der Waals surface area contributed by atoms with Gasteiger partial charge in [0.15, 0.2) is 23.1 Å². The van der Waals surface area contributed by atoms with Crippen LogP contribution in [0.4, 0.5) is 8.78 Å². The summed E-state index contributed by atoms with van der Waals surface area (Å²) in [4.78, 5) is 15.4. The lowest BCUT2D eigenvalue weighted by Gasteiger charge is -2.23. The highest BCUT2D eigenvalue weighted by molar-refractivity contribution is 5.82. The van der Waals surface area contributed by atoms with Crippen molar-refractivity contribution in [1.29, 1.82) is 0 Å². The van der Waals surface area contributed by atoms with Crippen LogP contribution in [0.15, 0.2) is 66.7 Å². The largest absolute Gasteiger partial charge is 0.454 e. The van der Waals surface area contributed by atoms with Gasteiger partial charge in [-0.15, -0.1) is 0 Å². The van der Waals surface area contributed by atoms with E-state index in [1.807, 2.05) is 36.4 Å². The molecule has 1 saturated heterocycles. The predicted octanol–water partition coefficient (Wildman–Crippen LogP) is 3.79. The van der Waals surface area contributed by atoms with E-state index in [1.54, 1.807) is 6.07 Å². The maximum absolute atomic E-state index is 13.6. The zero-order valence-corrected chi connectivity index (χ0v) is 19.9. The minimum Gasteiger partial charge on any atom is -0.454 e. The van der Waals surface area contributed by atoms with Crippen LogP contribution in [0.3, 0.4) is 0 Å². The fourth-order valence-electron chi connectivity index (χ4n) is 4.77. The van der Waals surface area contributed by atoms with E-state index >= 15 is 0 Å². The molecule has 6 nitrogen and oxygen atoms in total. The Morgan fingerprint density at radius 2 is 1.72 bits per heavy atom. The van der Waals surface area contributed by atoms with E-state index in [0.717, 1.165) is 28.7 Å². The fraction of sp³-hybridized carbons (Fsp3) is 0.321. The second kappa shape index (κ2) is 11.1. The summed E-state index contributed by atoms with van der Waals surface area (Å²) in [7, 11) is 0. The highest BCUT2D eigenvalue weighted by Crippen LogP contribution is 2.32. The van der Waals surface area contributed by atoms with Crippen molar-refractivity contribution in [3.63, 3.8) is 0 Å². The standard InChI is InChI=1S/C28H29F2N3O3/c29-23-8-6-21(12-24(23)30)15-32-22-14-25(33(17-22)16-20-4-2-1-3-5-20)28(34)31-11-10-19-7-9-26-27(13-19)36-18-35-26/h1-9,12-13,22,25,32H,10-11,14-18H2,(H,31,34)/t22-,25+/m1/s1. The van der Waals surface area contributed by atoms with Gasteiger partial charge in [-0.1, -0.05) is 42.5 Å². The molecule has 2 heterocycles. The molecule has 0 aromatic heterocycles. The molecule has 3 aromatic carbocycles. The Labute approximate surface area is 209 Å². The number of amides is 1. The van der Waals surface area contributed by atoms with Crippen LogP contribution in [0.5, 0.6) is 11.5 Å². The lowest BCUT2D eigenvalue weighted by atomic mass is 10.1. The number of likely N-dealkylation sites (tertiary alicyclic amines) is 1. The summed E-state index contributed by atoms with van der Waals surface area (Å²) < 4.78 is 37.6. The summed E-state index contributed by atoms with van der Waals surface area (Å²) in [5.74, 6) is -0.244. The van der Waals surface area contributed by atoms with Crippen LogP contribution in [-0.4, -0.2) is 42.8 Å². The Bertz CT molecular complexity index is 1210. The van der Waals surface area contributed by atoms with Gasteiger partial charge in [0.1, 0.15) is 0 Å². The van der Waals surface area contributed by atoms with Crippen LogP contribution in [0.25, 0.3) is 0 Å². The van der Waals surface area contributed by atoms with Gasteiger partial charge in [0, 0.05) is 32.2 Å². The molecule has 0 unspecified atom stereocenters. The molecule has 0 bridgehead atoms. The number of fused-ring (bicyclic) bond motifs is 1. The Kier molecular flexibility index (Phi) is 7.44. The molecule has 5 rings (SSSR count). The van der Waals surface area contributed by atoms with Crippen molar-refractivity contribution in [3.8, 4) is 11.5 Å². The van der Waals surface area contributed by atoms with E-state index in [4.69, 9.17) is 9.47 Å². The molecule has 0 spiro atoms. The average Bonchev–Trinajstić information content (AvgIpc) is 3.52. The first kappa shape index (κ1) is 24.2. The van der Waals surface area contributed by atoms with Crippen LogP contribution < -0.4 is 20.1 Å². The van der Waals surface area contributed by atoms with Crippen LogP contribution in [0, 0.1) is 11.6 Å². The highest BCUT2D eigenvalue weighted by atomic mass is 19.2. The Morgan fingerprint density at radius 3 is 2.56 bits per heavy atom. The van der Waals surface area contributed by atoms with E-state index in [1.165, 1.54) is 6.07 Å². The van der Waals surface area contributed by atoms with Gasteiger partial charge in [-0.2, -0.15) is 0 Å². The zero-order valence-electron chi connectivity index (χ0n) is 19.9. The van der Waals surface area contributed by atoms with E-state index in [-0.39, 0.29) is 24.8 Å². The molecular weight excluding hydrogens is 464 g/mol. The summed E-state index contributed by atoms with van der Waals surface area (Å²) in [6, 6.07) is 19.6. The van der Waals surface area contributed by atoms with Gasteiger partial charge < -0.3 is 20.1 Å². The first-order chi connectivity index (χ1) is 17.5. The van der Waals surface area contributed by atoms with Crippen LogP contribution in [0.2, 0.25) is 0 Å². The maximum Gasteiger partial charge on any atom is 0.237 e. The number of hydrogen-bond acceptors (Lipinski definition) is 5. The summed E-state index contributed by atoms with van der Waals surface area (Å²) in [5, 5.41) is 6.51. The molecule has 1 amide bonds. The molecule has 188 valence electrons. The molecule has 8 heteroatoms. The van der Waals surface area contributed by atoms with E-state index in [2.05, 4.69) is 27.7 Å². The lowest BCUT2D eigenvalue weighted by molar-refractivity contribution is -0.125. The average molecular weight is 494 g/mol. The van der Waals surface area contributed by atoms with Crippen molar-refractivity contribution in [2.24, 2.45) is 0 Å². The van der Waals surface area contributed by atoms with E-state index in [0.29, 0.717) is 44.6 Å². The van der Waals surface area contributed by atoms with E-state index < -0.39 is 11.6 Å². The SMILES string of the molecule is O=C(NCCc1ccc2c(c1)OCO2)[C@@H]1C[C@@H](NCc2ccc(F)c(F)c2)CN1Cc1ccccc1. The molecule has 2 N–H and O–H groups in total. The summed E-state index contributed by atoms with van der Waals surface area (Å²) in [6.45, 7) is 2.49. The zero-order chi connectivity index (χ0) is 24.9. The first-order valence-corrected chi connectivity index (χ1v) is 12.2. The fourth-order valence-corrected chi connectivity index (χ4v) is 4.77. The summed E-state index contributed by atoms with van der Waals surface area (Å²) in [6.07, 6.45) is 1.32. The van der Waals surface area contributed by atoms with Crippen molar-refractivity contribution in [2.45, 2.75) is 38.0 Å². The molecule has 0 aliphatic carbocycles.